The zero-order chi connectivity index (χ0) is 35.3. The van der Waals surface area contributed by atoms with E-state index >= 15 is 0 Å². The fourth-order valence-electron chi connectivity index (χ4n) is 4.54. The molecule has 0 aliphatic carbocycles. The predicted molar refractivity (Wildman–Crippen MR) is 182 cm³/mol. The van der Waals surface area contributed by atoms with Crippen molar-refractivity contribution in [1.29, 1.82) is 0 Å². The molecule has 0 atom stereocenters. The van der Waals surface area contributed by atoms with Crippen molar-refractivity contribution in [2.75, 3.05) is 33.7 Å². The fraction of sp³-hybridized carbons (Fsp3) is 0.250. The average Bonchev–Trinajstić information content (AvgIpc) is 3.04. The molecule has 0 heterocycles. The molecule has 0 unspecified atom stereocenters. The zero-order valence-corrected chi connectivity index (χ0v) is 28.1. The van der Waals surface area contributed by atoms with Crippen LogP contribution in [0.4, 0.5) is 13.2 Å². The Kier molecular flexibility index (Phi) is 14.2. The minimum absolute atomic E-state index is 0.0509. The molecule has 0 aliphatic rings. The number of hydrogen-bond acceptors (Lipinski definition) is 5. The molecule has 0 bridgehead atoms. The summed E-state index contributed by atoms with van der Waals surface area (Å²) in [5.74, 6) is -2.57. The number of carbonyl (C=O) groups excluding carboxylic acids is 2. The van der Waals surface area contributed by atoms with Crippen LogP contribution in [0.5, 0.6) is 5.75 Å². The number of phenolic OH excluding ortho intramolecular Hbond substituents is 1. The molecule has 4 aromatic carbocycles. The van der Waals surface area contributed by atoms with Crippen molar-refractivity contribution in [2.24, 2.45) is 0 Å². The van der Waals surface area contributed by atoms with Crippen molar-refractivity contribution >= 4 is 33.7 Å². The van der Waals surface area contributed by atoms with E-state index in [4.69, 9.17) is 9.90 Å². The summed E-state index contributed by atoms with van der Waals surface area (Å²) in [6.07, 6.45) is -4.09. The van der Waals surface area contributed by atoms with Gasteiger partial charge in [-0.15, -0.1) is 0 Å². The van der Waals surface area contributed by atoms with E-state index in [0.29, 0.717) is 38.0 Å². The number of carboxylic acid groups (broad SMARTS) is 1. The number of hydrogen-bond donors (Lipinski definition) is 3. The molecule has 2 amide bonds. The summed E-state index contributed by atoms with van der Waals surface area (Å²) in [6.45, 7) is 2.37. The molecule has 8 nitrogen and oxygen atoms in total. The van der Waals surface area contributed by atoms with Gasteiger partial charge in [-0.25, -0.2) is 4.79 Å². The summed E-state index contributed by atoms with van der Waals surface area (Å²) < 4.78 is 32.7. The van der Waals surface area contributed by atoms with Crippen LogP contribution < -0.4 is 5.32 Å². The maximum atomic E-state index is 13.4. The molecule has 0 saturated heterocycles. The molecular weight excluding hydrogens is 691 g/mol. The third-order valence-electron chi connectivity index (χ3n) is 7.13. The molecule has 254 valence electrons. The second kappa shape index (κ2) is 18.0. The van der Waals surface area contributed by atoms with Gasteiger partial charge >= 0.3 is 12.1 Å². The van der Waals surface area contributed by atoms with Crippen LogP contribution in [0.3, 0.4) is 0 Å². The third-order valence-corrected chi connectivity index (χ3v) is 7.65. The molecule has 0 saturated carbocycles. The van der Waals surface area contributed by atoms with Gasteiger partial charge < -0.3 is 25.3 Å². The van der Waals surface area contributed by atoms with E-state index in [9.17, 15) is 27.9 Å². The van der Waals surface area contributed by atoms with E-state index < -0.39 is 12.1 Å². The van der Waals surface area contributed by atoms with E-state index in [1.54, 1.807) is 12.1 Å². The maximum absolute atomic E-state index is 13.4. The second-order valence-electron chi connectivity index (χ2n) is 11.1. The summed E-state index contributed by atoms with van der Waals surface area (Å²) in [7, 11) is 3.95. The lowest BCUT2D eigenvalue weighted by Crippen LogP contribution is -2.33. The van der Waals surface area contributed by atoms with Gasteiger partial charge in [-0.1, -0.05) is 82.7 Å². The number of nitrogens with one attached hydrogen (secondary N) is 1. The largest absolute Gasteiger partial charge is 0.508 e. The van der Waals surface area contributed by atoms with Crippen LogP contribution in [-0.2, 0) is 29.0 Å². The minimum Gasteiger partial charge on any atom is -0.508 e. The minimum atomic E-state index is -5.08. The molecule has 4 aromatic rings. The summed E-state index contributed by atoms with van der Waals surface area (Å²) in [4.78, 5) is 39.1. The van der Waals surface area contributed by atoms with Gasteiger partial charge in [0.2, 0.25) is 5.91 Å². The number of alkyl halides is 3. The lowest BCUT2D eigenvalue weighted by molar-refractivity contribution is -0.192. The van der Waals surface area contributed by atoms with Crippen molar-refractivity contribution in [3.05, 3.63) is 124 Å². The predicted octanol–water partition coefficient (Wildman–Crippen LogP) is 6.56. The Hall–Kier alpha value is -4.68. The van der Waals surface area contributed by atoms with Crippen LogP contribution >= 0.6 is 15.9 Å². The standard InChI is InChI=1S/C34H36BrN3O3.C2HF3O2/c1-37(2)22-20-36-34(41)32-6-4-3-5-31(32)28-13-7-27(8-14-28)24-38(21-19-25-11-17-30(39)18-12-25)33(40)23-26-9-15-29(35)16-10-26;3-2(4,5)1(6)7/h3-18,39H,19-24H2,1-2H3,(H,36,41);(H,6,7). The average molecular weight is 729 g/mol. The maximum Gasteiger partial charge on any atom is 0.490 e. The van der Waals surface area contributed by atoms with E-state index in [0.717, 1.165) is 38.8 Å². The van der Waals surface area contributed by atoms with Gasteiger partial charge in [-0.2, -0.15) is 13.2 Å². The normalized spacial score (nSPS) is 11.0. The quantitative estimate of drug-likeness (QED) is 0.153. The molecule has 48 heavy (non-hydrogen) atoms. The van der Waals surface area contributed by atoms with Crippen molar-refractivity contribution < 1.29 is 37.8 Å². The monoisotopic (exact) mass is 727 g/mol. The van der Waals surface area contributed by atoms with E-state index in [1.165, 1.54) is 0 Å². The molecule has 0 radical (unpaired) electrons. The highest BCUT2D eigenvalue weighted by atomic mass is 79.9. The number of nitrogens with zero attached hydrogens (tertiary/aromatic N) is 2. The molecule has 0 spiro atoms. The van der Waals surface area contributed by atoms with Gasteiger partial charge in [0.1, 0.15) is 5.75 Å². The molecule has 0 aliphatic heterocycles. The number of phenols is 1. The zero-order valence-electron chi connectivity index (χ0n) is 26.5. The van der Waals surface area contributed by atoms with Gasteiger partial charge in [0, 0.05) is 36.2 Å². The number of benzene rings is 4. The van der Waals surface area contributed by atoms with Gasteiger partial charge in [-0.3, -0.25) is 9.59 Å². The van der Waals surface area contributed by atoms with Crippen LogP contribution in [0.2, 0.25) is 0 Å². The van der Waals surface area contributed by atoms with Crippen molar-refractivity contribution in [2.45, 2.75) is 25.6 Å². The Bertz CT molecular complexity index is 1650. The summed E-state index contributed by atoms with van der Waals surface area (Å²) in [5.41, 5.74) is 5.49. The van der Waals surface area contributed by atoms with Gasteiger partial charge in [-0.05, 0) is 78.7 Å². The van der Waals surface area contributed by atoms with Gasteiger partial charge in [0.05, 0.1) is 6.42 Å². The molecular formula is C36H37BrF3N3O5. The molecule has 12 heteroatoms. The van der Waals surface area contributed by atoms with E-state index in [-0.39, 0.29) is 17.6 Å². The van der Waals surface area contributed by atoms with E-state index in [2.05, 4.69) is 21.2 Å². The Morgan fingerprint density at radius 1 is 0.792 bits per heavy atom. The highest BCUT2D eigenvalue weighted by Gasteiger charge is 2.38. The van der Waals surface area contributed by atoms with Crippen LogP contribution in [0, 0.1) is 0 Å². The van der Waals surface area contributed by atoms with Crippen molar-refractivity contribution in [3.63, 3.8) is 0 Å². The first-order valence-corrected chi connectivity index (χ1v) is 15.7. The number of rotatable bonds is 12. The summed E-state index contributed by atoms with van der Waals surface area (Å²) >= 11 is 3.45. The van der Waals surface area contributed by atoms with Crippen LogP contribution in [0.25, 0.3) is 11.1 Å². The molecule has 0 aromatic heterocycles. The SMILES string of the molecule is CN(C)CCNC(=O)c1ccccc1-c1ccc(CN(CCc2ccc(O)cc2)C(=O)Cc2ccc(Br)cc2)cc1.O=C(O)C(F)(F)F. The number of amides is 2. The summed E-state index contributed by atoms with van der Waals surface area (Å²) in [6, 6.07) is 30.6. The van der Waals surface area contributed by atoms with Crippen LogP contribution in [-0.4, -0.2) is 77.7 Å². The molecule has 4 rings (SSSR count). The number of carbonyl (C=O) groups is 3. The Morgan fingerprint density at radius 3 is 1.94 bits per heavy atom. The highest BCUT2D eigenvalue weighted by molar-refractivity contribution is 9.10. The van der Waals surface area contributed by atoms with Crippen molar-refractivity contribution in [1.82, 2.24) is 15.1 Å². The lowest BCUT2D eigenvalue weighted by Gasteiger charge is -2.23. The number of halogens is 4. The summed E-state index contributed by atoms with van der Waals surface area (Å²) in [5, 5.41) is 19.7. The highest BCUT2D eigenvalue weighted by Crippen LogP contribution is 2.25. The van der Waals surface area contributed by atoms with Crippen molar-refractivity contribution in [3.8, 4) is 16.9 Å². The number of aromatic hydroxyl groups is 1. The Labute approximate surface area is 285 Å². The Morgan fingerprint density at radius 2 is 1.35 bits per heavy atom. The van der Waals surface area contributed by atoms with Gasteiger partial charge in [0.25, 0.3) is 5.91 Å². The third kappa shape index (κ3) is 12.5. The first-order chi connectivity index (χ1) is 22.7. The molecule has 0 fully saturated rings. The van der Waals surface area contributed by atoms with Crippen LogP contribution in [0.1, 0.15) is 27.0 Å². The number of aliphatic carboxylic acids is 1. The molecule has 3 N–H and O–H groups in total. The van der Waals surface area contributed by atoms with Gasteiger partial charge in [0.15, 0.2) is 0 Å². The number of carboxylic acids is 1. The smallest absolute Gasteiger partial charge is 0.490 e. The topological polar surface area (TPSA) is 110 Å². The first kappa shape index (κ1) is 37.8. The van der Waals surface area contributed by atoms with E-state index in [1.807, 2.05) is 109 Å². The Balaban J connectivity index is 0.000000804. The fourth-order valence-corrected chi connectivity index (χ4v) is 4.80. The lowest BCUT2D eigenvalue weighted by atomic mass is 9.98. The van der Waals surface area contributed by atoms with Crippen LogP contribution in [0.15, 0.2) is 102 Å². The first-order valence-electron chi connectivity index (χ1n) is 14.9. The second-order valence-corrected chi connectivity index (χ2v) is 12.1. The number of likely N-dealkylation sites (N-methyl/N-ethyl adjacent to an activating group) is 1.